The molecule has 0 amide bonds. The Morgan fingerprint density at radius 3 is 2.50 bits per heavy atom. The van der Waals surface area contributed by atoms with Crippen LogP contribution in [0.5, 0.6) is 0 Å². The highest BCUT2D eigenvalue weighted by Crippen LogP contribution is 2.12. The molecule has 0 spiro atoms. The predicted molar refractivity (Wildman–Crippen MR) is 92.2 cm³/mol. The van der Waals surface area contributed by atoms with Crippen LogP contribution in [0.1, 0.15) is 16.7 Å². The Labute approximate surface area is 141 Å². The number of hydrogen-bond donors (Lipinski definition) is 1. The van der Waals surface area contributed by atoms with Crippen LogP contribution in [0.15, 0.2) is 66.2 Å². The second-order valence-corrected chi connectivity index (χ2v) is 4.91. The van der Waals surface area contributed by atoms with Crippen LogP contribution in [0.3, 0.4) is 0 Å². The minimum absolute atomic E-state index is 0.120. The zero-order chi connectivity index (χ0) is 17.2. The molecule has 0 aromatic heterocycles. The minimum Gasteiger partial charge on any atom is -0.364 e. The summed E-state index contributed by atoms with van der Waals surface area (Å²) in [4.78, 5) is 0. The summed E-state index contributed by atoms with van der Waals surface area (Å²) in [5.41, 5.74) is 2.29. The molecule has 2 aromatic carbocycles. The molecule has 2 aromatic rings. The van der Waals surface area contributed by atoms with Crippen molar-refractivity contribution < 1.29 is 9.84 Å². The normalized spacial score (nSPS) is 12.5. The topological polar surface area (TPSA) is 77.0 Å². The number of aliphatic hydroxyl groups is 1. The van der Waals surface area contributed by atoms with Crippen LogP contribution >= 0.6 is 0 Å². The van der Waals surface area contributed by atoms with Crippen LogP contribution in [-0.2, 0) is 4.74 Å². The SMILES string of the molecule is N#CC(=Cc1ccccc1)C(O)OCC=Cc1ccccc1C#N. The summed E-state index contributed by atoms with van der Waals surface area (Å²) >= 11 is 0. The van der Waals surface area contributed by atoms with Gasteiger partial charge in [0.15, 0.2) is 6.29 Å². The molecule has 0 fully saturated rings. The van der Waals surface area contributed by atoms with E-state index >= 15 is 0 Å². The lowest BCUT2D eigenvalue weighted by atomic mass is 10.1. The standard InChI is InChI=1S/C20H16N2O2/c21-14-18-10-5-4-9-17(18)11-6-12-24-20(23)19(15-22)13-16-7-2-1-3-8-16/h1-11,13,20,23H,12H2. The van der Waals surface area contributed by atoms with E-state index in [4.69, 9.17) is 15.3 Å². The van der Waals surface area contributed by atoms with E-state index in [2.05, 4.69) is 6.07 Å². The molecule has 0 heterocycles. The largest absolute Gasteiger partial charge is 0.364 e. The van der Waals surface area contributed by atoms with Crippen molar-refractivity contribution in [2.75, 3.05) is 6.61 Å². The Morgan fingerprint density at radius 2 is 1.79 bits per heavy atom. The second-order valence-electron chi connectivity index (χ2n) is 4.91. The first-order valence-corrected chi connectivity index (χ1v) is 7.36. The summed E-state index contributed by atoms with van der Waals surface area (Å²) in [6.07, 6.45) is 3.72. The molecule has 0 aliphatic rings. The number of hydrogen-bond acceptors (Lipinski definition) is 4. The van der Waals surface area contributed by atoms with E-state index in [-0.39, 0.29) is 12.2 Å². The Bertz CT molecular complexity index is 812. The van der Waals surface area contributed by atoms with Crippen molar-refractivity contribution in [3.05, 3.63) is 82.9 Å². The number of ether oxygens (including phenoxy) is 1. The Hall–Kier alpha value is -3.18. The van der Waals surface area contributed by atoms with Gasteiger partial charge in [-0.1, -0.05) is 60.7 Å². The Morgan fingerprint density at radius 1 is 1.08 bits per heavy atom. The highest BCUT2D eigenvalue weighted by atomic mass is 16.6. The van der Waals surface area contributed by atoms with Crippen molar-refractivity contribution in [1.29, 1.82) is 10.5 Å². The van der Waals surface area contributed by atoms with E-state index in [1.54, 1.807) is 30.4 Å². The average Bonchev–Trinajstić information content (AvgIpc) is 2.64. The van der Waals surface area contributed by atoms with Gasteiger partial charge in [0.2, 0.25) is 0 Å². The monoisotopic (exact) mass is 316 g/mol. The Kier molecular flexibility index (Phi) is 6.49. The van der Waals surface area contributed by atoms with Gasteiger partial charge in [-0.2, -0.15) is 10.5 Å². The van der Waals surface area contributed by atoms with Gasteiger partial charge in [-0.3, -0.25) is 0 Å². The second kappa shape index (κ2) is 9.07. The molecular weight excluding hydrogens is 300 g/mol. The van der Waals surface area contributed by atoms with Crippen LogP contribution in [0.4, 0.5) is 0 Å². The van der Waals surface area contributed by atoms with Gasteiger partial charge < -0.3 is 9.84 Å². The van der Waals surface area contributed by atoms with Crippen LogP contribution in [0.25, 0.3) is 12.2 Å². The molecule has 4 heteroatoms. The lowest BCUT2D eigenvalue weighted by molar-refractivity contribution is -0.0569. The zero-order valence-electron chi connectivity index (χ0n) is 13.0. The molecule has 4 nitrogen and oxygen atoms in total. The predicted octanol–water partition coefficient (Wildman–Crippen LogP) is 3.51. The van der Waals surface area contributed by atoms with E-state index in [9.17, 15) is 5.11 Å². The zero-order valence-corrected chi connectivity index (χ0v) is 13.0. The summed E-state index contributed by atoms with van der Waals surface area (Å²) in [5.74, 6) is 0. The average molecular weight is 316 g/mol. The van der Waals surface area contributed by atoms with E-state index in [0.717, 1.165) is 11.1 Å². The van der Waals surface area contributed by atoms with Gasteiger partial charge in [0, 0.05) is 0 Å². The van der Waals surface area contributed by atoms with Gasteiger partial charge in [0.1, 0.15) is 6.07 Å². The molecule has 2 rings (SSSR count). The maximum Gasteiger partial charge on any atom is 0.191 e. The van der Waals surface area contributed by atoms with Gasteiger partial charge in [-0.25, -0.2) is 0 Å². The lowest BCUT2D eigenvalue weighted by Crippen LogP contribution is -2.14. The van der Waals surface area contributed by atoms with E-state index < -0.39 is 6.29 Å². The number of nitriles is 2. The van der Waals surface area contributed by atoms with Gasteiger partial charge in [-0.05, 0) is 23.3 Å². The molecule has 0 aliphatic carbocycles. The third kappa shape index (κ3) is 4.93. The molecular formula is C20H16N2O2. The molecule has 0 saturated carbocycles. The van der Waals surface area contributed by atoms with Crippen LogP contribution in [0.2, 0.25) is 0 Å². The maximum absolute atomic E-state index is 9.97. The molecule has 0 saturated heterocycles. The molecule has 118 valence electrons. The first kappa shape index (κ1) is 17.2. The third-order valence-electron chi connectivity index (χ3n) is 3.25. The Balaban J connectivity index is 1.96. The first-order valence-electron chi connectivity index (χ1n) is 7.36. The van der Waals surface area contributed by atoms with Gasteiger partial charge in [0.05, 0.1) is 23.8 Å². The molecule has 24 heavy (non-hydrogen) atoms. The summed E-state index contributed by atoms with van der Waals surface area (Å²) in [5, 5.41) is 28.1. The minimum atomic E-state index is -1.30. The van der Waals surface area contributed by atoms with E-state index in [0.29, 0.717) is 5.56 Å². The van der Waals surface area contributed by atoms with Crippen LogP contribution in [-0.4, -0.2) is 18.0 Å². The maximum atomic E-state index is 9.97. The molecule has 0 radical (unpaired) electrons. The molecule has 0 bridgehead atoms. The van der Waals surface area contributed by atoms with Gasteiger partial charge >= 0.3 is 0 Å². The fraction of sp³-hybridized carbons (Fsp3) is 0.100. The number of aliphatic hydroxyl groups excluding tert-OH is 1. The van der Waals surface area contributed by atoms with Crippen molar-refractivity contribution in [2.45, 2.75) is 6.29 Å². The van der Waals surface area contributed by atoms with Crippen molar-refractivity contribution in [3.63, 3.8) is 0 Å². The quantitative estimate of drug-likeness (QED) is 0.653. The number of nitrogens with zero attached hydrogens (tertiary/aromatic N) is 2. The molecule has 1 N–H and O–H groups in total. The fourth-order valence-corrected chi connectivity index (χ4v) is 2.04. The van der Waals surface area contributed by atoms with Crippen molar-refractivity contribution in [3.8, 4) is 12.1 Å². The summed E-state index contributed by atoms with van der Waals surface area (Å²) in [6.45, 7) is 0.120. The van der Waals surface area contributed by atoms with E-state index in [1.165, 1.54) is 0 Å². The first-order chi connectivity index (χ1) is 11.7. The summed E-state index contributed by atoms with van der Waals surface area (Å²) in [6, 6.07) is 20.5. The highest BCUT2D eigenvalue weighted by molar-refractivity contribution is 5.58. The highest BCUT2D eigenvalue weighted by Gasteiger charge is 2.10. The van der Waals surface area contributed by atoms with Crippen molar-refractivity contribution >= 4 is 12.2 Å². The van der Waals surface area contributed by atoms with Gasteiger partial charge in [-0.15, -0.1) is 0 Å². The van der Waals surface area contributed by atoms with E-state index in [1.807, 2.05) is 48.5 Å². The van der Waals surface area contributed by atoms with Gasteiger partial charge in [0.25, 0.3) is 0 Å². The molecule has 1 atom stereocenters. The number of benzene rings is 2. The van der Waals surface area contributed by atoms with Crippen molar-refractivity contribution in [2.24, 2.45) is 0 Å². The lowest BCUT2D eigenvalue weighted by Gasteiger charge is -2.09. The van der Waals surface area contributed by atoms with Crippen LogP contribution < -0.4 is 0 Å². The fourth-order valence-electron chi connectivity index (χ4n) is 2.04. The van der Waals surface area contributed by atoms with Crippen LogP contribution in [0, 0.1) is 22.7 Å². The smallest absolute Gasteiger partial charge is 0.191 e. The summed E-state index contributed by atoms with van der Waals surface area (Å²) in [7, 11) is 0. The van der Waals surface area contributed by atoms with Crippen molar-refractivity contribution in [1.82, 2.24) is 0 Å². The summed E-state index contributed by atoms with van der Waals surface area (Å²) < 4.78 is 5.26. The number of rotatable bonds is 6. The molecule has 0 aliphatic heterocycles. The third-order valence-corrected chi connectivity index (χ3v) is 3.25. The molecule has 1 unspecified atom stereocenters.